The summed E-state index contributed by atoms with van der Waals surface area (Å²) in [4.78, 5) is 0.893. The summed E-state index contributed by atoms with van der Waals surface area (Å²) in [6.45, 7) is 3.14. The number of sulfonamides is 1. The van der Waals surface area contributed by atoms with Crippen LogP contribution in [0.3, 0.4) is 0 Å². The van der Waals surface area contributed by atoms with Crippen molar-refractivity contribution in [2.45, 2.75) is 36.9 Å². The summed E-state index contributed by atoms with van der Waals surface area (Å²) in [6.07, 6.45) is 3.55. The van der Waals surface area contributed by atoms with Crippen LogP contribution in [0.1, 0.15) is 31.1 Å². The minimum Gasteiger partial charge on any atom is -0.326 e. The largest absolute Gasteiger partial charge is 0.326 e. The van der Waals surface area contributed by atoms with Gasteiger partial charge in [0.05, 0.1) is 0 Å². The van der Waals surface area contributed by atoms with Gasteiger partial charge in [0.25, 0.3) is 0 Å². The molecule has 1 aromatic heterocycles. The molecule has 0 radical (unpaired) electrons. The first-order valence-corrected chi connectivity index (χ1v) is 8.61. The van der Waals surface area contributed by atoms with Crippen molar-refractivity contribution < 1.29 is 8.42 Å². The second-order valence-electron chi connectivity index (χ2n) is 4.95. The SMILES string of the molecule is CC1CCCC1CNS(=O)(=O)c1ccc(CN)s1. The van der Waals surface area contributed by atoms with Gasteiger partial charge in [-0.3, -0.25) is 0 Å². The smallest absolute Gasteiger partial charge is 0.250 e. The first kappa shape index (κ1) is 14.0. The Bertz CT molecular complexity index is 496. The van der Waals surface area contributed by atoms with E-state index in [0.717, 1.165) is 11.3 Å². The number of nitrogens with one attached hydrogen (secondary N) is 1. The molecule has 1 aliphatic carbocycles. The van der Waals surface area contributed by atoms with Crippen LogP contribution < -0.4 is 10.5 Å². The highest BCUT2D eigenvalue weighted by molar-refractivity contribution is 7.91. The lowest BCUT2D eigenvalue weighted by Gasteiger charge is -2.15. The van der Waals surface area contributed by atoms with Crippen LogP contribution in [-0.2, 0) is 16.6 Å². The Labute approximate surface area is 113 Å². The Hall–Kier alpha value is -0.430. The maximum absolute atomic E-state index is 12.1. The monoisotopic (exact) mass is 288 g/mol. The van der Waals surface area contributed by atoms with Crippen LogP contribution in [0.5, 0.6) is 0 Å². The molecule has 0 aromatic carbocycles. The minimum atomic E-state index is -3.35. The number of rotatable bonds is 5. The van der Waals surface area contributed by atoms with Gasteiger partial charge in [-0.25, -0.2) is 13.1 Å². The Morgan fingerprint density at radius 2 is 2.22 bits per heavy atom. The highest BCUT2D eigenvalue weighted by Crippen LogP contribution is 2.31. The van der Waals surface area contributed by atoms with E-state index in [2.05, 4.69) is 11.6 Å². The zero-order chi connectivity index (χ0) is 13.2. The zero-order valence-electron chi connectivity index (χ0n) is 10.6. The molecule has 1 heterocycles. The lowest BCUT2D eigenvalue weighted by atomic mass is 9.99. The van der Waals surface area contributed by atoms with Crippen LogP contribution in [0.4, 0.5) is 0 Å². The summed E-state index contributed by atoms with van der Waals surface area (Å²) in [6, 6.07) is 3.41. The predicted octanol–water partition coefficient (Wildman–Crippen LogP) is 1.92. The van der Waals surface area contributed by atoms with Crippen LogP contribution >= 0.6 is 11.3 Å². The molecule has 18 heavy (non-hydrogen) atoms. The Morgan fingerprint density at radius 3 is 2.78 bits per heavy atom. The fraction of sp³-hybridized carbons (Fsp3) is 0.667. The van der Waals surface area contributed by atoms with Crippen molar-refractivity contribution in [1.82, 2.24) is 4.72 Å². The quantitative estimate of drug-likeness (QED) is 0.869. The van der Waals surface area contributed by atoms with E-state index in [9.17, 15) is 8.42 Å². The van der Waals surface area contributed by atoms with E-state index < -0.39 is 10.0 Å². The summed E-state index contributed by atoms with van der Waals surface area (Å²) in [7, 11) is -3.35. The van der Waals surface area contributed by atoms with Gasteiger partial charge >= 0.3 is 0 Å². The summed E-state index contributed by atoms with van der Waals surface area (Å²) in [5.41, 5.74) is 5.49. The van der Waals surface area contributed by atoms with Crippen LogP contribution in [-0.4, -0.2) is 15.0 Å². The van der Waals surface area contributed by atoms with Gasteiger partial charge in [-0.2, -0.15) is 0 Å². The molecule has 2 rings (SSSR count). The number of hydrogen-bond acceptors (Lipinski definition) is 4. The van der Waals surface area contributed by atoms with Crippen molar-refractivity contribution in [2.24, 2.45) is 17.6 Å². The van der Waals surface area contributed by atoms with Crippen molar-refractivity contribution in [1.29, 1.82) is 0 Å². The molecule has 1 fully saturated rings. The van der Waals surface area contributed by atoms with E-state index >= 15 is 0 Å². The van der Waals surface area contributed by atoms with Gasteiger partial charge in [-0.15, -0.1) is 11.3 Å². The van der Waals surface area contributed by atoms with Crippen molar-refractivity contribution in [2.75, 3.05) is 6.54 Å². The molecule has 1 saturated carbocycles. The zero-order valence-corrected chi connectivity index (χ0v) is 12.2. The third kappa shape index (κ3) is 3.12. The maximum atomic E-state index is 12.1. The Kier molecular flexibility index (Phi) is 4.42. The molecule has 4 nitrogen and oxygen atoms in total. The normalized spacial score (nSPS) is 24.6. The van der Waals surface area contributed by atoms with Gasteiger partial charge in [-0.05, 0) is 30.4 Å². The predicted molar refractivity (Wildman–Crippen MR) is 73.9 cm³/mol. The molecule has 3 N–H and O–H groups in total. The van der Waals surface area contributed by atoms with Gasteiger partial charge < -0.3 is 5.73 Å². The highest BCUT2D eigenvalue weighted by atomic mass is 32.2. The summed E-state index contributed by atoms with van der Waals surface area (Å²) >= 11 is 1.25. The van der Waals surface area contributed by atoms with Gasteiger partial charge in [0.2, 0.25) is 10.0 Å². The summed E-state index contributed by atoms with van der Waals surface area (Å²) in [5.74, 6) is 1.10. The average Bonchev–Trinajstić information content (AvgIpc) is 2.95. The van der Waals surface area contributed by atoms with E-state index in [4.69, 9.17) is 5.73 Å². The van der Waals surface area contributed by atoms with E-state index in [1.807, 2.05) is 0 Å². The minimum absolute atomic E-state index is 0.369. The highest BCUT2D eigenvalue weighted by Gasteiger charge is 2.25. The molecule has 0 spiro atoms. The van der Waals surface area contributed by atoms with Gasteiger partial charge in [0, 0.05) is 18.0 Å². The molecule has 0 bridgehead atoms. The molecular formula is C12H20N2O2S2. The molecule has 102 valence electrons. The number of thiophene rings is 1. The first-order valence-electron chi connectivity index (χ1n) is 6.31. The molecule has 6 heteroatoms. The third-order valence-corrected chi connectivity index (χ3v) is 6.70. The van der Waals surface area contributed by atoms with Crippen molar-refractivity contribution in [3.05, 3.63) is 17.0 Å². The topological polar surface area (TPSA) is 72.2 Å². The molecule has 1 aliphatic rings. The standard InChI is InChI=1S/C12H20N2O2S2/c1-9-3-2-4-10(9)8-14-18(15,16)12-6-5-11(7-13)17-12/h5-6,9-10,14H,2-4,7-8,13H2,1H3. The second-order valence-corrected chi connectivity index (χ2v) is 8.11. The fourth-order valence-electron chi connectivity index (χ4n) is 2.43. The molecule has 1 aromatic rings. The van der Waals surface area contributed by atoms with Gasteiger partial charge in [0.15, 0.2) is 0 Å². The molecule has 0 amide bonds. The van der Waals surface area contributed by atoms with E-state index in [0.29, 0.717) is 29.1 Å². The summed E-state index contributed by atoms with van der Waals surface area (Å²) in [5, 5.41) is 0. The summed E-state index contributed by atoms with van der Waals surface area (Å²) < 4.78 is 27.3. The van der Waals surface area contributed by atoms with Gasteiger partial charge in [0.1, 0.15) is 4.21 Å². The molecular weight excluding hydrogens is 268 g/mol. The van der Waals surface area contributed by atoms with Crippen molar-refractivity contribution in [3.8, 4) is 0 Å². The third-order valence-electron chi connectivity index (χ3n) is 3.68. The van der Waals surface area contributed by atoms with Crippen molar-refractivity contribution in [3.63, 3.8) is 0 Å². The van der Waals surface area contributed by atoms with Crippen LogP contribution in [0, 0.1) is 11.8 Å². The lowest BCUT2D eigenvalue weighted by molar-refractivity contribution is 0.414. The average molecular weight is 288 g/mol. The van der Waals surface area contributed by atoms with Crippen LogP contribution in [0.25, 0.3) is 0 Å². The van der Waals surface area contributed by atoms with E-state index in [1.54, 1.807) is 12.1 Å². The molecule has 2 atom stereocenters. The molecule has 2 unspecified atom stereocenters. The molecule has 0 aliphatic heterocycles. The van der Waals surface area contributed by atoms with Crippen LogP contribution in [0.2, 0.25) is 0 Å². The van der Waals surface area contributed by atoms with E-state index in [-0.39, 0.29) is 0 Å². The van der Waals surface area contributed by atoms with Crippen molar-refractivity contribution >= 4 is 21.4 Å². The molecule has 0 saturated heterocycles. The van der Waals surface area contributed by atoms with E-state index in [1.165, 1.54) is 24.2 Å². The fourth-order valence-corrected chi connectivity index (χ4v) is 4.80. The number of hydrogen-bond donors (Lipinski definition) is 2. The lowest BCUT2D eigenvalue weighted by Crippen LogP contribution is -2.29. The second kappa shape index (κ2) is 5.69. The Morgan fingerprint density at radius 1 is 1.44 bits per heavy atom. The Balaban J connectivity index is 1.98. The first-order chi connectivity index (χ1) is 8.53. The van der Waals surface area contributed by atoms with Crippen LogP contribution in [0.15, 0.2) is 16.3 Å². The maximum Gasteiger partial charge on any atom is 0.250 e. The number of nitrogens with two attached hydrogens (primary N) is 1. The van der Waals surface area contributed by atoms with Gasteiger partial charge in [-0.1, -0.05) is 19.8 Å².